The summed E-state index contributed by atoms with van der Waals surface area (Å²) in [7, 11) is 2.07. The van der Waals surface area contributed by atoms with Gasteiger partial charge in [-0.15, -0.1) is 0 Å². The number of piperazine rings is 1. The fraction of sp³-hybridized carbons (Fsp3) is 0.357. The van der Waals surface area contributed by atoms with Crippen LogP contribution in [0.3, 0.4) is 0 Å². The van der Waals surface area contributed by atoms with Gasteiger partial charge in [-0.1, -0.05) is 36.9 Å². The number of pyridine rings is 1. The Balaban J connectivity index is 1.41. The first-order valence-electron chi connectivity index (χ1n) is 12.9. The minimum absolute atomic E-state index is 0.0789. The molecule has 4 rings (SSSR count). The number of nitriles is 1. The van der Waals surface area contributed by atoms with E-state index in [1.807, 2.05) is 23.1 Å². The van der Waals surface area contributed by atoms with E-state index in [1.165, 1.54) is 11.8 Å². The molecular weight excluding hydrogens is 512 g/mol. The molecule has 2 amide bonds. The van der Waals surface area contributed by atoms with Crippen molar-refractivity contribution in [2.75, 3.05) is 44.3 Å². The summed E-state index contributed by atoms with van der Waals surface area (Å²) in [5.74, 6) is 0.703. The maximum Gasteiger partial charge on any atom is 0.224 e. The number of anilines is 2. The second-order valence-electron chi connectivity index (χ2n) is 9.30. The number of hydrogen-bond donors (Lipinski definition) is 2. The van der Waals surface area contributed by atoms with Crippen molar-refractivity contribution >= 4 is 35.1 Å². The van der Waals surface area contributed by atoms with Crippen molar-refractivity contribution in [3.8, 4) is 17.3 Å². The first kappa shape index (κ1) is 28.0. The second kappa shape index (κ2) is 13.2. The molecule has 10 nitrogen and oxygen atoms in total. The normalized spacial score (nSPS) is 13.6. The summed E-state index contributed by atoms with van der Waals surface area (Å²) in [4.78, 5) is 42.1. The van der Waals surface area contributed by atoms with Crippen LogP contribution in [0, 0.1) is 11.3 Å². The molecule has 1 fully saturated rings. The topological polar surface area (TPSA) is 141 Å². The molecule has 39 heavy (non-hydrogen) atoms. The number of nitrogens with one attached hydrogen (secondary N) is 1. The molecule has 0 aliphatic carbocycles. The average Bonchev–Trinajstić information content (AvgIpc) is 2.95. The van der Waals surface area contributed by atoms with E-state index in [0.29, 0.717) is 47.1 Å². The van der Waals surface area contributed by atoms with Crippen molar-refractivity contribution in [1.29, 1.82) is 5.26 Å². The van der Waals surface area contributed by atoms with Gasteiger partial charge in [-0.3, -0.25) is 14.6 Å². The van der Waals surface area contributed by atoms with Gasteiger partial charge < -0.3 is 20.9 Å². The molecule has 202 valence electrons. The Morgan fingerprint density at radius 3 is 2.46 bits per heavy atom. The molecule has 0 atom stereocenters. The molecule has 3 heterocycles. The quantitative estimate of drug-likeness (QED) is 0.306. The molecule has 1 aromatic carbocycles. The van der Waals surface area contributed by atoms with Crippen molar-refractivity contribution in [2.24, 2.45) is 0 Å². The van der Waals surface area contributed by atoms with Crippen LogP contribution in [0.2, 0.25) is 0 Å². The number of hydrogen-bond acceptors (Lipinski definition) is 9. The smallest absolute Gasteiger partial charge is 0.224 e. The number of aryl methyl sites for hydroxylation is 1. The number of benzene rings is 1. The summed E-state index contributed by atoms with van der Waals surface area (Å²) in [6, 6.07) is 15.0. The zero-order valence-electron chi connectivity index (χ0n) is 22.2. The first-order chi connectivity index (χ1) is 18.9. The number of nitrogens with zero attached hydrogens (tertiary/aromatic N) is 6. The summed E-state index contributed by atoms with van der Waals surface area (Å²) in [5, 5.41) is 12.9. The highest BCUT2D eigenvalue weighted by Gasteiger charge is 2.19. The Kier molecular flexibility index (Phi) is 9.46. The number of likely N-dealkylation sites (N-methyl/N-ethyl adjacent to an activating group) is 1. The van der Waals surface area contributed by atoms with Crippen LogP contribution in [-0.2, 0) is 21.8 Å². The van der Waals surface area contributed by atoms with E-state index in [1.54, 1.807) is 31.2 Å². The predicted octanol–water partition coefficient (Wildman–Crippen LogP) is 3.34. The van der Waals surface area contributed by atoms with Gasteiger partial charge in [0.2, 0.25) is 11.8 Å². The largest absolute Gasteiger partial charge is 0.382 e. The summed E-state index contributed by atoms with van der Waals surface area (Å²) in [6.45, 7) is 5.14. The SMILES string of the molecule is CCC(=O)Nc1ccc(-c2nc(SCc3cccc(CCC(=O)N4CCN(C)CC4)n3)nc(N)c2C#N)cc1. The molecule has 0 bridgehead atoms. The maximum atomic E-state index is 12.6. The lowest BCUT2D eigenvalue weighted by atomic mass is 10.1. The number of nitrogens with two attached hydrogens (primary N) is 1. The van der Waals surface area contributed by atoms with Crippen LogP contribution in [-0.4, -0.2) is 69.8 Å². The highest BCUT2D eigenvalue weighted by Crippen LogP contribution is 2.29. The van der Waals surface area contributed by atoms with Crippen molar-refractivity contribution in [1.82, 2.24) is 24.8 Å². The molecule has 1 aliphatic heterocycles. The minimum Gasteiger partial charge on any atom is -0.382 e. The molecule has 1 saturated heterocycles. The first-order valence-corrected chi connectivity index (χ1v) is 13.9. The van der Waals surface area contributed by atoms with Gasteiger partial charge in [0.15, 0.2) is 5.16 Å². The Morgan fingerprint density at radius 1 is 1.05 bits per heavy atom. The minimum atomic E-state index is -0.0789. The van der Waals surface area contributed by atoms with Gasteiger partial charge in [0.05, 0.1) is 11.4 Å². The highest BCUT2D eigenvalue weighted by atomic mass is 32.2. The average molecular weight is 545 g/mol. The standard InChI is InChI=1S/C28H32N8O2S/c1-3-24(37)32-21-9-7-19(8-10-21)26-23(17-29)27(30)34-28(33-26)39-18-22-6-4-5-20(31-22)11-12-25(38)36-15-13-35(2)14-16-36/h4-10H,3,11-16,18H2,1-2H3,(H,32,37)(H2,30,33,34). The Hall–Kier alpha value is -4.01. The van der Waals surface area contributed by atoms with E-state index in [4.69, 9.17) is 10.7 Å². The number of thioether (sulfide) groups is 1. The van der Waals surface area contributed by atoms with Gasteiger partial charge in [-0.05, 0) is 37.7 Å². The lowest BCUT2D eigenvalue weighted by Gasteiger charge is -2.32. The summed E-state index contributed by atoms with van der Waals surface area (Å²) in [6.07, 6.45) is 1.41. The van der Waals surface area contributed by atoms with Crippen LogP contribution in [0.4, 0.5) is 11.5 Å². The van der Waals surface area contributed by atoms with E-state index < -0.39 is 0 Å². The molecule has 11 heteroatoms. The number of carbonyl (C=O) groups excluding carboxylic acids is 2. The van der Waals surface area contributed by atoms with Gasteiger partial charge >= 0.3 is 0 Å². The molecule has 0 saturated carbocycles. The van der Waals surface area contributed by atoms with Crippen molar-refractivity contribution in [2.45, 2.75) is 37.1 Å². The van der Waals surface area contributed by atoms with E-state index in [2.05, 4.69) is 33.3 Å². The molecule has 0 unspecified atom stereocenters. The molecule has 2 aromatic heterocycles. The molecule has 3 N–H and O–H groups in total. The van der Waals surface area contributed by atoms with E-state index >= 15 is 0 Å². The highest BCUT2D eigenvalue weighted by molar-refractivity contribution is 7.98. The number of aromatic nitrogens is 3. The molecule has 1 aliphatic rings. The second-order valence-corrected chi connectivity index (χ2v) is 10.2. The van der Waals surface area contributed by atoms with Crippen LogP contribution >= 0.6 is 11.8 Å². The fourth-order valence-corrected chi connectivity index (χ4v) is 4.89. The van der Waals surface area contributed by atoms with Crippen LogP contribution in [0.5, 0.6) is 0 Å². The number of rotatable bonds is 9. The monoisotopic (exact) mass is 544 g/mol. The Labute approximate surface area is 232 Å². The van der Waals surface area contributed by atoms with Crippen molar-refractivity contribution in [3.05, 3.63) is 59.4 Å². The van der Waals surface area contributed by atoms with Gasteiger partial charge in [0.1, 0.15) is 17.5 Å². The lowest BCUT2D eigenvalue weighted by molar-refractivity contribution is -0.132. The summed E-state index contributed by atoms with van der Waals surface area (Å²) in [5.41, 5.74) is 9.82. The number of carbonyl (C=O) groups is 2. The van der Waals surface area contributed by atoms with E-state index in [9.17, 15) is 14.9 Å². The fourth-order valence-electron chi connectivity index (χ4n) is 4.14. The zero-order chi connectivity index (χ0) is 27.8. The van der Waals surface area contributed by atoms with Crippen molar-refractivity contribution in [3.63, 3.8) is 0 Å². The number of nitrogen functional groups attached to an aromatic ring is 1. The third-order valence-electron chi connectivity index (χ3n) is 6.46. The predicted molar refractivity (Wildman–Crippen MR) is 152 cm³/mol. The summed E-state index contributed by atoms with van der Waals surface area (Å²) < 4.78 is 0. The molecule has 0 radical (unpaired) electrons. The van der Waals surface area contributed by atoms with Crippen LogP contribution in [0.25, 0.3) is 11.3 Å². The van der Waals surface area contributed by atoms with Gasteiger partial charge in [0.25, 0.3) is 0 Å². The van der Waals surface area contributed by atoms with Crippen LogP contribution < -0.4 is 11.1 Å². The van der Waals surface area contributed by atoms with E-state index in [-0.39, 0.29) is 23.2 Å². The van der Waals surface area contributed by atoms with Crippen LogP contribution in [0.15, 0.2) is 47.6 Å². The third-order valence-corrected chi connectivity index (χ3v) is 7.34. The molecular formula is C28H32N8O2S. The molecule has 0 spiro atoms. The number of amides is 2. The van der Waals surface area contributed by atoms with Crippen LogP contribution in [0.1, 0.15) is 36.7 Å². The molecule has 3 aromatic rings. The Morgan fingerprint density at radius 2 is 1.77 bits per heavy atom. The van der Waals surface area contributed by atoms with Gasteiger partial charge in [-0.2, -0.15) is 5.26 Å². The third kappa shape index (κ3) is 7.52. The maximum absolute atomic E-state index is 12.6. The summed E-state index contributed by atoms with van der Waals surface area (Å²) >= 11 is 1.38. The Bertz CT molecular complexity index is 1360. The lowest BCUT2D eigenvalue weighted by Crippen LogP contribution is -2.47. The zero-order valence-corrected chi connectivity index (χ0v) is 23.0. The van der Waals surface area contributed by atoms with E-state index in [0.717, 1.165) is 37.6 Å². The van der Waals surface area contributed by atoms with Gasteiger partial charge in [-0.25, -0.2) is 9.97 Å². The van der Waals surface area contributed by atoms with Crippen molar-refractivity contribution < 1.29 is 9.59 Å². The van der Waals surface area contributed by atoms with Gasteiger partial charge in [0, 0.05) is 61.7 Å².